The Labute approximate surface area is 121 Å². The second-order valence-corrected chi connectivity index (χ2v) is 5.18. The normalized spacial score (nSPS) is 12.5. The van der Waals surface area contributed by atoms with E-state index in [0.29, 0.717) is 11.8 Å². The zero-order chi connectivity index (χ0) is 14.4. The van der Waals surface area contributed by atoms with Gasteiger partial charge in [-0.3, -0.25) is 0 Å². The quantitative estimate of drug-likeness (QED) is 0.806. The maximum Gasteiger partial charge on any atom is 0.115 e. The predicted molar refractivity (Wildman–Crippen MR) is 83.0 cm³/mol. The Bertz CT molecular complexity index is 510. The van der Waals surface area contributed by atoms with Gasteiger partial charge in [-0.25, -0.2) is 0 Å². The average Bonchev–Trinajstić information content (AvgIpc) is 2.90. The topological polar surface area (TPSA) is 37.2 Å². The molecule has 0 aliphatic rings. The van der Waals surface area contributed by atoms with Crippen LogP contribution < -0.4 is 5.32 Å². The van der Waals surface area contributed by atoms with Crippen molar-refractivity contribution in [2.45, 2.75) is 39.3 Å². The van der Waals surface area contributed by atoms with E-state index in [2.05, 4.69) is 42.2 Å². The standard InChI is InChI=1S/C17H24N2O/c1-3-5-17(18-4-2)15-10-11-19(13-15)12-14-6-8-16(20)9-7-14/h6-11,13,17-18,20H,3-5,12H2,1-2H3. The third-order valence-corrected chi connectivity index (χ3v) is 3.51. The molecule has 1 heterocycles. The van der Waals surface area contributed by atoms with Crippen LogP contribution >= 0.6 is 0 Å². The van der Waals surface area contributed by atoms with E-state index in [4.69, 9.17) is 0 Å². The highest BCUT2D eigenvalue weighted by Gasteiger charge is 2.10. The van der Waals surface area contributed by atoms with Crippen molar-refractivity contribution in [1.82, 2.24) is 9.88 Å². The maximum absolute atomic E-state index is 9.30. The summed E-state index contributed by atoms with van der Waals surface area (Å²) in [4.78, 5) is 0. The fraction of sp³-hybridized carbons (Fsp3) is 0.412. The predicted octanol–water partition coefficient (Wildman–Crippen LogP) is 3.69. The van der Waals surface area contributed by atoms with E-state index in [1.807, 2.05) is 12.1 Å². The Kier molecular flexibility index (Phi) is 5.24. The first-order chi connectivity index (χ1) is 9.72. The molecule has 1 aromatic carbocycles. The summed E-state index contributed by atoms with van der Waals surface area (Å²) in [5.74, 6) is 0.317. The lowest BCUT2D eigenvalue weighted by molar-refractivity contribution is 0.475. The molecular weight excluding hydrogens is 248 g/mol. The van der Waals surface area contributed by atoms with Crippen molar-refractivity contribution in [1.29, 1.82) is 0 Å². The van der Waals surface area contributed by atoms with Gasteiger partial charge < -0.3 is 15.0 Å². The summed E-state index contributed by atoms with van der Waals surface area (Å²) in [6, 6.07) is 10.0. The highest BCUT2D eigenvalue weighted by atomic mass is 16.3. The fourth-order valence-corrected chi connectivity index (χ4v) is 2.50. The van der Waals surface area contributed by atoms with Gasteiger partial charge >= 0.3 is 0 Å². The van der Waals surface area contributed by atoms with Crippen molar-refractivity contribution < 1.29 is 5.11 Å². The smallest absolute Gasteiger partial charge is 0.115 e. The molecule has 0 radical (unpaired) electrons. The molecule has 0 amide bonds. The van der Waals surface area contributed by atoms with Gasteiger partial charge in [-0.1, -0.05) is 32.4 Å². The number of nitrogens with zero attached hydrogens (tertiary/aromatic N) is 1. The van der Waals surface area contributed by atoms with Crippen molar-refractivity contribution in [3.8, 4) is 5.75 Å². The van der Waals surface area contributed by atoms with Gasteiger partial charge in [0.05, 0.1) is 0 Å². The summed E-state index contributed by atoms with van der Waals surface area (Å²) in [6.07, 6.45) is 6.69. The van der Waals surface area contributed by atoms with Crippen LogP contribution in [0.4, 0.5) is 0 Å². The average molecular weight is 272 g/mol. The molecule has 0 spiro atoms. The first-order valence-electron chi connectivity index (χ1n) is 7.40. The molecule has 3 heteroatoms. The van der Waals surface area contributed by atoms with Gasteiger partial charge in [0.1, 0.15) is 5.75 Å². The summed E-state index contributed by atoms with van der Waals surface area (Å²) < 4.78 is 2.20. The first-order valence-corrected chi connectivity index (χ1v) is 7.40. The van der Waals surface area contributed by atoms with Gasteiger partial charge in [-0.15, -0.1) is 0 Å². The molecule has 0 saturated carbocycles. The van der Waals surface area contributed by atoms with Gasteiger partial charge in [0.25, 0.3) is 0 Å². The Balaban J connectivity index is 2.05. The minimum atomic E-state index is 0.317. The lowest BCUT2D eigenvalue weighted by Gasteiger charge is -2.15. The lowest BCUT2D eigenvalue weighted by Crippen LogP contribution is -2.20. The van der Waals surface area contributed by atoms with Crippen LogP contribution in [0.25, 0.3) is 0 Å². The van der Waals surface area contributed by atoms with Crippen molar-refractivity contribution in [3.63, 3.8) is 0 Å². The molecule has 108 valence electrons. The largest absolute Gasteiger partial charge is 0.508 e. The molecule has 0 fully saturated rings. The van der Waals surface area contributed by atoms with Crippen LogP contribution in [-0.2, 0) is 6.54 Å². The Morgan fingerprint density at radius 3 is 2.55 bits per heavy atom. The summed E-state index contributed by atoms with van der Waals surface area (Å²) in [5, 5.41) is 12.8. The van der Waals surface area contributed by atoms with Crippen molar-refractivity contribution in [2.75, 3.05) is 6.54 Å². The monoisotopic (exact) mass is 272 g/mol. The maximum atomic E-state index is 9.30. The van der Waals surface area contributed by atoms with Gasteiger partial charge in [0.2, 0.25) is 0 Å². The van der Waals surface area contributed by atoms with Gasteiger partial charge in [-0.2, -0.15) is 0 Å². The number of rotatable bonds is 7. The molecule has 1 atom stereocenters. The van der Waals surface area contributed by atoms with Crippen LogP contribution in [-0.4, -0.2) is 16.2 Å². The van der Waals surface area contributed by atoms with Gasteiger partial charge in [-0.05, 0) is 42.3 Å². The summed E-state index contributed by atoms with van der Waals surface area (Å²) >= 11 is 0. The molecule has 0 bridgehead atoms. The molecule has 2 rings (SSSR count). The summed E-state index contributed by atoms with van der Waals surface area (Å²) in [7, 11) is 0. The van der Waals surface area contributed by atoms with Crippen LogP contribution in [0.5, 0.6) is 5.75 Å². The van der Waals surface area contributed by atoms with Crippen LogP contribution in [0.1, 0.15) is 43.9 Å². The number of aromatic hydroxyl groups is 1. The summed E-state index contributed by atoms with van der Waals surface area (Å²) in [6.45, 7) is 6.20. The van der Waals surface area contributed by atoms with Crippen LogP contribution in [0.3, 0.4) is 0 Å². The number of benzene rings is 1. The highest BCUT2D eigenvalue weighted by Crippen LogP contribution is 2.19. The first kappa shape index (κ1) is 14.7. The number of phenolic OH excluding ortho intramolecular Hbond substituents is 1. The second-order valence-electron chi connectivity index (χ2n) is 5.18. The van der Waals surface area contributed by atoms with E-state index in [1.54, 1.807) is 12.1 Å². The zero-order valence-corrected chi connectivity index (χ0v) is 12.3. The summed E-state index contributed by atoms with van der Waals surface area (Å²) in [5.41, 5.74) is 2.55. The minimum Gasteiger partial charge on any atom is -0.508 e. The number of hydrogen-bond acceptors (Lipinski definition) is 2. The molecule has 1 aromatic heterocycles. The molecule has 0 aliphatic heterocycles. The minimum absolute atomic E-state index is 0.317. The number of aromatic nitrogens is 1. The van der Waals surface area contributed by atoms with Crippen LogP contribution in [0.2, 0.25) is 0 Å². The highest BCUT2D eigenvalue weighted by molar-refractivity contribution is 5.26. The molecule has 3 nitrogen and oxygen atoms in total. The second kappa shape index (κ2) is 7.15. The molecule has 1 unspecified atom stereocenters. The molecule has 20 heavy (non-hydrogen) atoms. The van der Waals surface area contributed by atoms with E-state index < -0.39 is 0 Å². The Hall–Kier alpha value is -1.74. The van der Waals surface area contributed by atoms with Crippen molar-refractivity contribution in [2.24, 2.45) is 0 Å². The van der Waals surface area contributed by atoms with Gasteiger partial charge in [0.15, 0.2) is 0 Å². The van der Waals surface area contributed by atoms with Crippen LogP contribution in [0.15, 0.2) is 42.7 Å². The molecule has 0 saturated heterocycles. The van der Waals surface area contributed by atoms with Crippen LogP contribution in [0, 0.1) is 0 Å². The van der Waals surface area contributed by atoms with E-state index in [1.165, 1.54) is 17.5 Å². The number of nitrogens with one attached hydrogen (secondary N) is 1. The van der Waals surface area contributed by atoms with E-state index in [0.717, 1.165) is 19.5 Å². The third kappa shape index (κ3) is 3.87. The van der Waals surface area contributed by atoms with E-state index in [-0.39, 0.29) is 0 Å². The fourth-order valence-electron chi connectivity index (χ4n) is 2.50. The molecule has 2 N–H and O–H groups in total. The number of phenols is 1. The SMILES string of the molecule is CCCC(NCC)c1ccn(Cc2ccc(O)cc2)c1. The van der Waals surface area contributed by atoms with Gasteiger partial charge in [0, 0.05) is 25.0 Å². The van der Waals surface area contributed by atoms with Crippen molar-refractivity contribution >= 4 is 0 Å². The Morgan fingerprint density at radius 1 is 1.15 bits per heavy atom. The molecule has 2 aromatic rings. The third-order valence-electron chi connectivity index (χ3n) is 3.51. The van der Waals surface area contributed by atoms with Crippen molar-refractivity contribution in [3.05, 3.63) is 53.9 Å². The van der Waals surface area contributed by atoms with E-state index in [9.17, 15) is 5.11 Å². The zero-order valence-electron chi connectivity index (χ0n) is 12.3. The van der Waals surface area contributed by atoms with E-state index >= 15 is 0 Å². The molecule has 0 aliphatic carbocycles. The number of hydrogen-bond donors (Lipinski definition) is 2. The Morgan fingerprint density at radius 2 is 1.90 bits per heavy atom. The molecular formula is C17H24N2O. The lowest BCUT2D eigenvalue weighted by atomic mass is 10.1.